The number of hydrogen-bond acceptors (Lipinski definition) is 3. The average molecular weight is 347 g/mol. The first-order chi connectivity index (χ1) is 10.8. The largest absolute Gasteiger partial charge is 0.357 e. The number of hydrogen-bond donors (Lipinski definition) is 3. The molecule has 7 heteroatoms. The summed E-state index contributed by atoms with van der Waals surface area (Å²) in [6.45, 7) is 9.12. The predicted octanol–water partition coefficient (Wildman–Crippen LogP) is 1.70. The maximum atomic E-state index is 11.1. The van der Waals surface area contributed by atoms with Gasteiger partial charge in [0.1, 0.15) is 0 Å². The van der Waals surface area contributed by atoms with Gasteiger partial charge in [0.2, 0.25) is 10.0 Å². The van der Waals surface area contributed by atoms with Crippen molar-refractivity contribution in [1.82, 2.24) is 15.4 Å². The van der Waals surface area contributed by atoms with Crippen LogP contribution in [0.25, 0.3) is 0 Å². The molecule has 1 fully saturated rings. The minimum Gasteiger partial charge on any atom is -0.357 e. The van der Waals surface area contributed by atoms with Gasteiger partial charge in [-0.3, -0.25) is 4.99 Å². The molecule has 136 valence electrons. The van der Waals surface area contributed by atoms with Crippen molar-refractivity contribution in [3.05, 3.63) is 0 Å². The molecule has 0 heterocycles. The molecule has 0 aliphatic heterocycles. The van der Waals surface area contributed by atoms with Gasteiger partial charge in [0.15, 0.2) is 5.96 Å². The lowest BCUT2D eigenvalue weighted by Gasteiger charge is -2.29. The highest BCUT2D eigenvalue weighted by Crippen LogP contribution is 2.43. The number of nitrogens with zero attached hydrogens (tertiary/aromatic N) is 1. The van der Waals surface area contributed by atoms with Crippen molar-refractivity contribution >= 4 is 16.0 Å². The molecular weight excluding hydrogens is 312 g/mol. The van der Waals surface area contributed by atoms with Crippen LogP contribution < -0.4 is 15.4 Å². The maximum absolute atomic E-state index is 11.1. The molecule has 0 atom stereocenters. The monoisotopic (exact) mass is 346 g/mol. The summed E-state index contributed by atoms with van der Waals surface area (Å²) >= 11 is 0. The number of rotatable bonds is 9. The molecule has 0 saturated heterocycles. The molecule has 1 aliphatic rings. The third-order valence-corrected chi connectivity index (χ3v) is 4.93. The Kier molecular flexibility index (Phi) is 8.33. The van der Waals surface area contributed by atoms with Gasteiger partial charge in [-0.05, 0) is 37.5 Å². The zero-order valence-corrected chi connectivity index (χ0v) is 15.9. The lowest BCUT2D eigenvalue weighted by molar-refractivity contribution is 0.245. The minimum absolute atomic E-state index is 0.349. The van der Waals surface area contributed by atoms with E-state index in [-0.39, 0.29) is 0 Å². The summed E-state index contributed by atoms with van der Waals surface area (Å²) in [7, 11) is -3.13. The van der Waals surface area contributed by atoms with Crippen LogP contribution in [0.5, 0.6) is 0 Å². The van der Waals surface area contributed by atoms with Crippen LogP contribution in [0.1, 0.15) is 52.9 Å². The van der Waals surface area contributed by atoms with Gasteiger partial charge >= 0.3 is 0 Å². The van der Waals surface area contributed by atoms with Crippen molar-refractivity contribution in [3.8, 4) is 0 Å². The van der Waals surface area contributed by atoms with Crippen LogP contribution in [0.2, 0.25) is 0 Å². The van der Waals surface area contributed by atoms with E-state index in [1.54, 1.807) is 0 Å². The fourth-order valence-corrected chi connectivity index (χ4v) is 3.90. The molecule has 23 heavy (non-hydrogen) atoms. The first-order valence-corrected chi connectivity index (χ1v) is 10.6. The zero-order valence-electron chi connectivity index (χ0n) is 15.1. The van der Waals surface area contributed by atoms with E-state index in [1.807, 2.05) is 6.92 Å². The molecule has 1 aliphatic carbocycles. The van der Waals surface area contributed by atoms with Crippen molar-refractivity contribution in [3.63, 3.8) is 0 Å². The minimum atomic E-state index is -3.13. The van der Waals surface area contributed by atoms with Crippen molar-refractivity contribution < 1.29 is 8.42 Å². The van der Waals surface area contributed by atoms with E-state index in [2.05, 4.69) is 29.2 Å². The highest BCUT2D eigenvalue weighted by molar-refractivity contribution is 7.88. The van der Waals surface area contributed by atoms with E-state index in [4.69, 9.17) is 4.99 Å². The maximum Gasteiger partial charge on any atom is 0.208 e. The van der Waals surface area contributed by atoms with Crippen molar-refractivity contribution in [1.29, 1.82) is 0 Å². The number of nitrogens with one attached hydrogen (secondary N) is 3. The molecule has 0 radical (unpaired) electrons. The first-order valence-electron chi connectivity index (χ1n) is 8.73. The molecular formula is C16H34N4O2S. The fraction of sp³-hybridized carbons (Fsp3) is 0.938. The van der Waals surface area contributed by atoms with Gasteiger partial charge in [-0.15, -0.1) is 0 Å². The number of aliphatic imine (C=N–C) groups is 1. The molecule has 0 amide bonds. The van der Waals surface area contributed by atoms with E-state index in [0.29, 0.717) is 24.4 Å². The second-order valence-electron chi connectivity index (χ2n) is 7.09. The highest BCUT2D eigenvalue weighted by atomic mass is 32.2. The number of guanidine groups is 1. The van der Waals surface area contributed by atoms with Gasteiger partial charge in [0.05, 0.1) is 6.26 Å². The SMILES string of the molecule is CCNC(=NCC1(CC(C)C)CCCC1)NCCNS(C)(=O)=O. The Hall–Kier alpha value is -0.820. The van der Waals surface area contributed by atoms with Crippen LogP contribution in [0.3, 0.4) is 0 Å². The predicted molar refractivity (Wildman–Crippen MR) is 97.2 cm³/mol. The molecule has 0 aromatic rings. The van der Waals surface area contributed by atoms with Gasteiger partial charge in [0.25, 0.3) is 0 Å². The Labute approximate surface area is 142 Å². The van der Waals surface area contributed by atoms with E-state index >= 15 is 0 Å². The van der Waals surface area contributed by atoms with E-state index in [0.717, 1.165) is 19.0 Å². The summed E-state index contributed by atoms with van der Waals surface area (Å²) < 4.78 is 24.6. The number of sulfonamides is 1. The average Bonchev–Trinajstić information content (AvgIpc) is 2.87. The van der Waals surface area contributed by atoms with Gasteiger partial charge < -0.3 is 10.6 Å². The van der Waals surface area contributed by atoms with Crippen LogP contribution in [0.4, 0.5) is 0 Å². The van der Waals surface area contributed by atoms with E-state index < -0.39 is 10.0 Å². The van der Waals surface area contributed by atoms with Crippen LogP contribution in [-0.4, -0.2) is 46.8 Å². The summed E-state index contributed by atoms with van der Waals surface area (Å²) in [5.41, 5.74) is 0.349. The highest BCUT2D eigenvalue weighted by Gasteiger charge is 2.34. The Bertz CT molecular complexity index is 468. The third kappa shape index (κ3) is 8.55. The topological polar surface area (TPSA) is 82.6 Å². The Balaban J connectivity index is 2.55. The molecule has 3 N–H and O–H groups in total. The van der Waals surface area contributed by atoms with Crippen molar-refractivity contribution in [2.45, 2.75) is 52.9 Å². The van der Waals surface area contributed by atoms with Gasteiger partial charge in [0, 0.05) is 26.2 Å². The second-order valence-corrected chi connectivity index (χ2v) is 8.93. The second kappa shape index (κ2) is 9.47. The lowest BCUT2D eigenvalue weighted by Crippen LogP contribution is -2.42. The molecule has 0 aromatic carbocycles. The molecule has 0 bridgehead atoms. The molecule has 0 aromatic heterocycles. The van der Waals surface area contributed by atoms with Crippen LogP contribution in [0.15, 0.2) is 4.99 Å². The van der Waals surface area contributed by atoms with Gasteiger partial charge in [-0.25, -0.2) is 13.1 Å². The normalized spacial score (nSPS) is 18.4. The summed E-state index contributed by atoms with van der Waals surface area (Å²) in [5.74, 6) is 1.47. The summed E-state index contributed by atoms with van der Waals surface area (Å²) in [6.07, 6.45) is 7.55. The van der Waals surface area contributed by atoms with Gasteiger partial charge in [-0.1, -0.05) is 26.7 Å². The van der Waals surface area contributed by atoms with Crippen LogP contribution in [0, 0.1) is 11.3 Å². The fourth-order valence-electron chi connectivity index (χ4n) is 3.42. The summed E-state index contributed by atoms with van der Waals surface area (Å²) in [5, 5.41) is 6.44. The van der Waals surface area contributed by atoms with Crippen LogP contribution in [-0.2, 0) is 10.0 Å². The summed E-state index contributed by atoms with van der Waals surface area (Å²) in [6, 6.07) is 0. The van der Waals surface area contributed by atoms with Crippen molar-refractivity contribution in [2.75, 3.05) is 32.4 Å². The molecule has 6 nitrogen and oxygen atoms in total. The Morgan fingerprint density at radius 1 is 1.17 bits per heavy atom. The molecule has 0 unspecified atom stereocenters. The first kappa shape index (κ1) is 20.2. The molecule has 0 spiro atoms. The van der Waals surface area contributed by atoms with Crippen molar-refractivity contribution in [2.24, 2.45) is 16.3 Å². The molecule has 1 rings (SSSR count). The van der Waals surface area contributed by atoms with E-state index in [1.165, 1.54) is 38.4 Å². The molecule has 1 saturated carbocycles. The quantitative estimate of drug-likeness (QED) is 0.337. The smallest absolute Gasteiger partial charge is 0.208 e. The zero-order chi connectivity index (χ0) is 17.3. The Morgan fingerprint density at radius 2 is 1.83 bits per heavy atom. The third-order valence-electron chi connectivity index (χ3n) is 4.20. The lowest BCUT2D eigenvalue weighted by atomic mass is 9.78. The van der Waals surface area contributed by atoms with Gasteiger partial charge in [-0.2, -0.15) is 0 Å². The standard InChI is InChI=1S/C16H34N4O2S/c1-5-17-15(18-10-11-20-23(4,21)22)19-13-16(12-14(2)3)8-6-7-9-16/h14,20H,5-13H2,1-4H3,(H2,17,18,19). The summed E-state index contributed by atoms with van der Waals surface area (Å²) in [4.78, 5) is 4.77. The van der Waals surface area contributed by atoms with E-state index in [9.17, 15) is 8.42 Å². The van der Waals surface area contributed by atoms with Crippen LogP contribution >= 0.6 is 0 Å². The Morgan fingerprint density at radius 3 is 2.35 bits per heavy atom.